The zero-order valence-electron chi connectivity index (χ0n) is 9.80. The van der Waals surface area contributed by atoms with Gasteiger partial charge in [0.2, 0.25) is 0 Å². The smallest absolute Gasteiger partial charge is 0.0320 e. The summed E-state index contributed by atoms with van der Waals surface area (Å²) in [6.07, 6.45) is 2.41. The molecule has 2 rings (SSSR count). The molecule has 1 aromatic rings. The maximum absolute atomic E-state index is 6.00. The van der Waals surface area contributed by atoms with E-state index >= 15 is 0 Å². The lowest BCUT2D eigenvalue weighted by atomic mass is 10.0. The Morgan fingerprint density at radius 2 is 2.00 bits per heavy atom. The minimum Gasteiger partial charge on any atom is -0.327 e. The fourth-order valence-corrected chi connectivity index (χ4v) is 2.33. The minimum absolute atomic E-state index is 0. The summed E-state index contributed by atoms with van der Waals surface area (Å²) in [7, 11) is 0. The van der Waals surface area contributed by atoms with Crippen LogP contribution in [-0.4, -0.2) is 24.0 Å². The van der Waals surface area contributed by atoms with E-state index in [0.29, 0.717) is 12.1 Å². The van der Waals surface area contributed by atoms with Crippen molar-refractivity contribution in [1.82, 2.24) is 4.90 Å². The molecule has 0 amide bonds. The van der Waals surface area contributed by atoms with Crippen molar-refractivity contribution in [3.63, 3.8) is 0 Å². The third-order valence-electron chi connectivity index (χ3n) is 3.32. The standard InChI is InChI=1S/C13H20N2.ClH/c1-11(12-6-3-2-4-7-12)15-9-5-8-13(14)10-15;/h2-4,6-7,11,13H,5,8-10,14H2,1H3;1H/t11?,13-;/m1./s1. The van der Waals surface area contributed by atoms with Crippen LogP contribution in [0.15, 0.2) is 30.3 Å². The van der Waals surface area contributed by atoms with E-state index in [4.69, 9.17) is 5.73 Å². The topological polar surface area (TPSA) is 29.3 Å². The third kappa shape index (κ3) is 3.21. The van der Waals surface area contributed by atoms with Crippen LogP contribution in [0.2, 0.25) is 0 Å². The van der Waals surface area contributed by atoms with E-state index < -0.39 is 0 Å². The highest BCUT2D eigenvalue weighted by atomic mass is 35.5. The maximum Gasteiger partial charge on any atom is 0.0320 e. The number of piperidine rings is 1. The van der Waals surface area contributed by atoms with Gasteiger partial charge in [0, 0.05) is 18.6 Å². The summed E-state index contributed by atoms with van der Waals surface area (Å²) in [6.45, 7) is 4.49. The quantitative estimate of drug-likeness (QED) is 0.861. The van der Waals surface area contributed by atoms with Gasteiger partial charge in [-0.2, -0.15) is 0 Å². The van der Waals surface area contributed by atoms with Crippen molar-refractivity contribution in [2.45, 2.75) is 31.8 Å². The van der Waals surface area contributed by atoms with Crippen LogP contribution in [0.1, 0.15) is 31.4 Å². The molecule has 1 saturated heterocycles. The number of rotatable bonds is 2. The van der Waals surface area contributed by atoms with E-state index in [-0.39, 0.29) is 12.4 Å². The molecule has 0 spiro atoms. The van der Waals surface area contributed by atoms with Crippen molar-refractivity contribution in [3.8, 4) is 0 Å². The largest absolute Gasteiger partial charge is 0.327 e. The number of nitrogens with zero attached hydrogens (tertiary/aromatic N) is 1. The molecule has 0 radical (unpaired) electrons. The Kier molecular flexibility index (Phi) is 5.26. The van der Waals surface area contributed by atoms with Gasteiger partial charge < -0.3 is 5.73 Å². The minimum atomic E-state index is 0. The first kappa shape index (κ1) is 13.5. The fraction of sp³-hybridized carbons (Fsp3) is 0.538. The summed E-state index contributed by atoms with van der Waals surface area (Å²) in [6, 6.07) is 11.5. The highest BCUT2D eigenvalue weighted by Crippen LogP contribution is 2.23. The van der Waals surface area contributed by atoms with Crippen molar-refractivity contribution in [3.05, 3.63) is 35.9 Å². The molecule has 2 atom stereocenters. The molecule has 2 nitrogen and oxygen atoms in total. The van der Waals surface area contributed by atoms with Gasteiger partial charge in [-0.3, -0.25) is 4.90 Å². The van der Waals surface area contributed by atoms with Crippen molar-refractivity contribution >= 4 is 12.4 Å². The van der Waals surface area contributed by atoms with Crippen molar-refractivity contribution in [1.29, 1.82) is 0 Å². The molecule has 16 heavy (non-hydrogen) atoms. The summed E-state index contributed by atoms with van der Waals surface area (Å²) in [4.78, 5) is 2.49. The van der Waals surface area contributed by atoms with Crippen LogP contribution in [0, 0.1) is 0 Å². The van der Waals surface area contributed by atoms with Gasteiger partial charge in [0.05, 0.1) is 0 Å². The first-order chi connectivity index (χ1) is 7.27. The normalized spacial score (nSPS) is 23.5. The molecular formula is C13H21ClN2. The Hall–Kier alpha value is -0.570. The van der Waals surface area contributed by atoms with Crippen LogP contribution in [-0.2, 0) is 0 Å². The zero-order valence-corrected chi connectivity index (χ0v) is 10.6. The van der Waals surface area contributed by atoms with Gasteiger partial charge in [-0.25, -0.2) is 0 Å². The lowest BCUT2D eigenvalue weighted by Gasteiger charge is -2.35. The number of nitrogens with two attached hydrogens (primary N) is 1. The molecule has 1 heterocycles. The van der Waals surface area contributed by atoms with Gasteiger partial charge in [-0.05, 0) is 31.9 Å². The molecule has 2 N–H and O–H groups in total. The van der Waals surface area contributed by atoms with Crippen LogP contribution in [0.3, 0.4) is 0 Å². The third-order valence-corrected chi connectivity index (χ3v) is 3.32. The number of halogens is 1. The monoisotopic (exact) mass is 240 g/mol. The van der Waals surface area contributed by atoms with Crippen LogP contribution < -0.4 is 5.73 Å². The SMILES string of the molecule is CC(c1ccccc1)N1CCC[C@@H](N)C1.Cl. The summed E-state index contributed by atoms with van der Waals surface area (Å²) in [5, 5.41) is 0. The fourth-order valence-electron chi connectivity index (χ4n) is 2.33. The zero-order chi connectivity index (χ0) is 10.7. The predicted molar refractivity (Wildman–Crippen MR) is 70.9 cm³/mol. The molecule has 1 unspecified atom stereocenters. The Balaban J connectivity index is 0.00000128. The van der Waals surface area contributed by atoms with Gasteiger partial charge in [0.15, 0.2) is 0 Å². The van der Waals surface area contributed by atoms with E-state index in [0.717, 1.165) is 6.54 Å². The Morgan fingerprint density at radius 3 is 2.62 bits per heavy atom. The number of likely N-dealkylation sites (tertiary alicyclic amines) is 1. The second-order valence-electron chi connectivity index (χ2n) is 4.48. The molecule has 1 aliphatic rings. The highest BCUT2D eigenvalue weighted by Gasteiger charge is 2.21. The molecule has 1 fully saturated rings. The summed E-state index contributed by atoms with van der Waals surface area (Å²) in [5.41, 5.74) is 7.39. The molecule has 3 heteroatoms. The maximum atomic E-state index is 6.00. The molecule has 0 aromatic heterocycles. The lowest BCUT2D eigenvalue weighted by molar-refractivity contribution is 0.159. The molecule has 0 saturated carbocycles. The van der Waals surface area contributed by atoms with E-state index in [9.17, 15) is 0 Å². The molecule has 1 aliphatic heterocycles. The van der Waals surface area contributed by atoms with Crippen molar-refractivity contribution in [2.75, 3.05) is 13.1 Å². The van der Waals surface area contributed by atoms with Gasteiger partial charge in [-0.1, -0.05) is 30.3 Å². The first-order valence-corrected chi connectivity index (χ1v) is 5.82. The van der Waals surface area contributed by atoms with Gasteiger partial charge >= 0.3 is 0 Å². The van der Waals surface area contributed by atoms with E-state index in [2.05, 4.69) is 42.2 Å². The second kappa shape index (κ2) is 6.24. The van der Waals surface area contributed by atoms with Crippen LogP contribution >= 0.6 is 12.4 Å². The number of benzene rings is 1. The number of hydrogen-bond donors (Lipinski definition) is 1. The molecule has 0 bridgehead atoms. The predicted octanol–water partition coefficient (Wildman–Crippen LogP) is 2.59. The Labute approximate surface area is 104 Å². The van der Waals surface area contributed by atoms with Gasteiger partial charge in [0.25, 0.3) is 0 Å². The van der Waals surface area contributed by atoms with Crippen LogP contribution in [0.4, 0.5) is 0 Å². The van der Waals surface area contributed by atoms with E-state index in [1.54, 1.807) is 0 Å². The summed E-state index contributed by atoms with van der Waals surface area (Å²) < 4.78 is 0. The Bertz CT molecular complexity index is 302. The lowest BCUT2D eigenvalue weighted by Crippen LogP contribution is -2.43. The molecular weight excluding hydrogens is 220 g/mol. The first-order valence-electron chi connectivity index (χ1n) is 5.82. The highest BCUT2D eigenvalue weighted by molar-refractivity contribution is 5.85. The average Bonchev–Trinajstić information content (AvgIpc) is 2.29. The summed E-state index contributed by atoms with van der Waals surface area (Å²) in [5.74, 6) is 0. The van der Waals surface area contributed by atoms with Gasteiger partial charge in [-0.15, -0.1) is 12.4 Å². The second-order valence-corrected chi connectivity index (χ2v) is 4.48. The van der Waals surface area contributed by atoms with Crippen molar-refractivity contribution < 1.29 is 0 Å². The van der Waals surface area contributed by atoms with E-state index in [1.807, 2.05) is 0 Å². The number of hydrogen-bond acceptors (Lipinski definition) is 2. The molecule has 0 aliphatic carbocycles. The summed E-state index contributed by atoms with van der Waals surface area (Å²) >= 11 is 0. The van der Waals surface area contributed by atoms with E-state index in [1.165, 1.54) is 24.9 Å². The van der Waals surface area contributed by atoms with Crippen LogP contribution in [0.25, 0.3) is 0 Å². The average molecular weight is 241 g/mol. The molecule has 1 aromatic carbocycles. The van der Waals surface area contributed by atoms with Crippen LogP contribution in [0.5, 0.6) is 0 Å². The van der Waals surface area contributed by atoms with Crippen molar-refractivity contribution in [2.24, 2.45) is 5.73 Å². The van der Waals surface area contributed by atoms with Gasteiger partial charge in [0.1, 0.15) is 0 Å². The molecule has 90 valence electrons. The Morgan fingerprint density at radius 1 is 1.31 bits per heavy atom.